The van der Waals surface area contributed by atoms with Gasteiger partial charge in [-0.15, -0.1) is 0 Å². The van der Waals surface area contributed by atoms with Gasteiger partial charge in [-0.2, -0.15) is 0 Å². The smallest absolute Gasteiger partial charge is 0.343 e. The fraction of sp³-hybridized carbons (Fsp3) is 0.333. The summed E-state index contributed by atoms with van der Waals surface area (Å²) >= 11 is 11.0. The topological polar surface area (TPSA) is 115 Å². The maximum Gasteiger partial charge on any atom is 0.343 e. The summed E-state index contributed by atoms with van der Waals surface area (Å²) in [5, 5.41) is 0.228. The summed E-state index contributed by atoms with van der Waals surface area (Å²) < 4.78 is 29.3. The van der Waals surface area contributed by atoms with Crippen molar-refractivity contribution < 1.29 is 33.3 Å². The van der Waals surface area contributed by atoms with Crippen LogP contribution in [0.25, 0.3) is 6.08 Å². The van der Waals surface area contributed by atoms with Gasteiger partial charge < -0.3 is 23.7 Å². The molecular formula is C30H30BrClN2O8S. The molecule has 1 atom stereocenters. The molecule has 13 heteroatoms. The number of ether oxygens (including phenoxy) is 5. The van der Waals surface area contributed by atoms with Crippen molar-refractivity contribution in [3.8, 4) is 17.2 Å². The lowest BCUT2D eigenvalue weighted by Gasteiger charge is -2.25. The highest BCUT2D eigenvalue weighted by molar-refractivity contribution is 9.10. The highest BCUT2D eigenvalue weighted by Crippen LogP contribution is 2.37. The Hall–Kier alpha value is -3.61. The molecule has 0 unspecified atom stereocenters. The third-order valence-electron chi connectivity index (χ3n) is 6.26. The average molecular weight is 694 g/mol. The average Bonchev–Trinajstić information content (AvgIpc) is 3.25. The lowest BCUT2D eigenvalue weighted by Crippen LogP contribution is -2.40. The minimum Gasteiger partial charge on any atom is -0.493 e. The van der Waals surface area contributed by atoms with Crippen LogP contribution >= 0.6 is 38.9 Å². The fourth-order valence-electron chi connectivity index (χ4n) is 4.45. The summed E-state index contributed by atoms with van der Waals surface area (Å²) in [5.41, 5.74) is 1.55. The highest BCUT2D eigenvalue weighted by atomic mass is 79.9. The van der Waals surface area contributed by atoms with E-state index in [0.717, 1.165) is 0 Å². The molecule has 0 N–H and O–H groups in total. The zero-order chi connectivity index (χ0) is 31.4. The van der Waals surface area contributed by atoms with Crippen molar-refractivity contribution in [2.24, 2.45) is 4.99 Å². The Morgan fingerprint density at radius 2 is 1.93 bits per heavy atom. The Balaban J connectivity index is 1.86. The van der Waals surface area contributed by atoms with Crippen LogP contribution in [0.3, 0.4) is 0 Å². The fourth-order valence-corrected chi connectivity index (χ4v) is 6.49. The molecule has 2 aromatic carbocycles. The number of nitrogens with zero attached hydrogens (tertiary/aromatic N) is 2. The van der Waals surface area contributed by atoms with E-state index in [4.69, 9.17) is 30.5 Å². The van der Waals surface area contributed by atoms with Gasteiger partial charge in [-0.25, -0.2) is 14.6 Å². The number of halogens is 2. The van der Waals surface area contributed by atoms with E-state index in [2.05, 4.69) is 25.7 Å². The number of esters is 2. The van der Waals surface area contributed by atoms with Gasteiger partial charge in [-0.1, -0.05) is 29.0 Å². The van der Waals surface area contributed by atoms with Crippen molar-refractivity contribution in [1.29, 1.82) is 0 Å². The second-order valence-corrected chi connectivity index (χ2v) is 11.8. The molecule has 1 aromatic heterocycles. The van der Waals surface area contributed by atoms with E-state index in [-0.39, 0.29) is 41.2 Å². The maximum atomic E-state index is 14.0. The number of methoxy groups -OCH3 is 2. The SMILES string of the molecule is CCOC(=O)C1=C(C)N=c2s/c(=C\c3cc(Cl)c(OCC(=O)OC)c(Br)c3)c(=O)n2[C@@H]1c1ccc(OC(C)C)c(OC)c1. The van der Waals surface area contributed by atoms with Crippen molar-refractivity contribution in [1.82, 2.24) is 4.57 Å². The molecule has 1 aliphatic heterocycles. The summed E-state index contributed by atoms with van der Waals surface area (Å²) in [6.07, 6.45) is 1.59. The molecule has 0 spiro atoms. The second-order valence-electron chi connectivity index (χ2n) is 9.56. The van der Waals surface area contributed by atoms with Crippen LogP contribution in [0.4, 0.5) is 0 Å². The summed E-state index contributed by atoms with van der Waals surface area (Å²) in [6, 6.07) is 7.80. The van der Waals surface area contributed by atoms with E-state index in [1.807, 2.05) is 13.8 Å². The van der Waals surface area contributed by atoms with Crippen molar-refractivity contribution in [2.45, 2.75) is 39.8 Å². The van der Waals surface area contributed by atoms with Gasteiger partial charge in [0.25, 0.3) is 5.56 Å². The first-order valence-corrected chi connectivity index (χ1v) is 15.2. The number of allylic oxidation sites excluding steroid dienone is 1. The standard InChI is InChI=1S/C30H30BrClN2O8S/c1-7-40-29(37)25-16(4)33-30-34(26(25)18-8-9-21(42-15(2)3)22(13-18)38-5)28(36)23(43-30)12-17-10-19(31)27(20(32)11-17)41-14-24(35)39-6/h8-13,15,26H,7,14H2,1-6H3/b23-12-/t26-/m1/s1. The predicted octanol–water partition coefficient (Wildman–Crippen LogP) is 4.56. The Morgan fingerprint density at radius 3 is 2.56 bits per heavy atom. The molecule has 0 saturated heterocycles. The first-order valence-electron chi connectivity index (χ1n) is 13.2. The predicted molar refractivity (Wildman–Crippen MR) is 166 cm³/mol. The Bertz CT molecular complexity index is 1760. The zero-order valence-electron chi connectivity index (χ0n) is 24.4. The second kappa shape index (κ2) is 13.8. The van der Waals surface area contributed by atoms with Crippen LogP contribution in [0.1, 0.15) is 44.9 Å². The summed E-state index contributed by atoms with van der Waals surface area (Å²) in [5.74, 6) is 0.135. The van der Waals surface area contributed by atoms with E-state index in [9.17, 15) is 14.4 Å². The Kier molecular flexibility index (Phi) is 10.4. The molecule has 0 amide bonds. The molecule has 0 saturated carbocycles. The zero-order valence-corrected chi connectivity index (χ0v) is 27.5. The van der Waals surface area contributed by atoms with Gasteiger partial charge >= 0.3 is 11.9 Å². The molecule has 2 heterocycles. The monoisotopic (exact) mass is 692 g/mol. The van der Waals surface area contributed by atoms with Crippen molar-refractivity contribution in [2.75, 3.05) is 27.4 Å². The summed E-state index contributed by atoms with van der Waals surface area (Å²) in [4.78, 5) is 43.7. The van der Waals surface area contributed by atoms with E-state index in [1.54, 1.807) is 50.3 Å². The van der Waals surface area contributed by atoms with E-state index >= 15 is 0 Å². The highest BCUT2D eigenvalue weighted by Gasteiger charge is 2.34. The van der Waals surface area contributed by atoms with Gasteiger partial charge in [-0.05, 0) is 85.1 Å². The lowest BCUT2D eigenvalue weighted by atomic mass is 9.95. The first-order chi connectivity index (χ1) is 20.5. The number of hydrogen-bond donors (Lipinski definition) is 0. The van der Waals surface area contributed by atoms with Crippen molar-refractivity contribution in [3.05, 3.63) is 81.9 Å². The van der Waals surface area contributed by atoms with Crippen LogP contribution < -0.4 is 29.1 Å². The number of benzene rings is 2. The number of fused-ring (bicyclic) bond motifs is 1. The minimum atomic E-state index is -0.830. The van der Waals surface area contributed by atoms with Crippen LogP contribution in [-0.2, 0) is 19.1 Å². The van der Waals surface area contributed by atoms with Crippen LogP contribution in [0, 0.1) is 0 Å². The van der Waals surface area contributed by atoms with Gasteiger partial charge in [0.05, 0.1) is 58.3 Å². The number of rotatable bonds is 10. The van der Waals surface area contributed by atoms with Gasteiger partial charge in [0.1, 0.15) is 0 Å². The van der Waals surface area contributed by atoms with Crippen molar-refractivity contribution in [3.63, 3.8) is 0 Å². The number of carbonyl (C=O) groups excluding carboxylic acids is 2. The molecule has 0 aliphatic carbocycles. The molecule has 0 fully saturated rings. The molecule has 10 nitrogen and oxygen atoms in total. The van der Waals surface area contributed by atoms with Gasteiger partial charge in [-0.3, -0.25) is 9.36 Å². The molecule has 43 heavy (non-hydrogen) atoms. The summed E-state index contributed by atoms with van der Waals surface area (Å²) in [6.45, 7) is 7.09. The van der Waals surface area contributed by atoms with Crippen LogP contribution in [0.5, 0.6) is 17.2 Å². The Morgan fingerprint density at radius 1 is 1.19 bits per heavy atom. The maximum absolute atomic E-state index is 14.0. The van der Waals surface area contributed by atoms with Gasteiger partial charge in [0.15, 0.2) is 28.7 Å². The number of thiazole rings is 1. The van der Waals surface area contributed by atoms with Crippen LogP contribution in [0.15, 0.2) is 55.9 Å². The van der Waals surface area contributed by atoms with Gasteiger partial charge in [0, 0.05) is 0 Å². The third-order valence-corrected chi connectivity index (χ3v) is 8.12. The van der Waals surface area contributed by atoms with Crippen molar-refractivity contribution >= 4 is 56.9 Å². The molecule has 3 aromatic rings. The molecule has 0 radical (unpaired) electrons. The number of aromatic nitrogens is 1. The molecule has 1 aliphatic rings. The minimum absolute atomic E-state index is 0.0864. The molecule has 4 rings (SSSR count). The summed E-state index contributed by atoms with van der Waals surface area (Å²) in [7, 11) is 2.79. The molecule has 228 valence electrons. The Labute approximate surface area is 265 Å². The largest absolute Gasteiger partial charge is 0.493 e. The van der Waals surface area contributed by atoms with Crippen LogP contribution in [0.2, 0.25) is 5.02 Å². The van der Waals surface area contributed by atoms with E-state index in [0.29, 0.717) is 42.1 Å². The number of hydrogen-bond acceptors (Lipinski definition) is 10. The lowest BCUT2D eigenvalue weighted by molar-refractivity contribution is -0.143. The van der Waals surface area contributed by atoms with E-state index < -0.39 is 18.0 Å². The molecular weight excluding hydrogens is 664 g/mol. The first kappa shape index (κ1) is 32.3. The quantitative estimate of drug-likeness (QED) is 0.284. The third kappa shape index (κ3) is 6.97. The van der Waals surface area contributed by atoms with Crippen LogP contribution in [-0.4, -0.2) is 50.0 Å². The van der Waals surface area contributed by atoms with Gasteiger partial charge in [0.2, 0.25) is 0 Å². The van der Waals surface area contributed by atoms with E-state index in [1.165, 1.54) is 30.1 Å². The number of carbonyl (C=O) groups is 2. The normalized spacial score (nSPS) is 14.7. The molecule has 0 bridgehead atoms.